The third kappa shape index (κ3) is 5.42. The lowest BCUT2D eigenvalue weighted by Gasteiger charge is -1.89. The molecule has 70 valence electrons. The van der Waals surface area contributed by atoms with Crippen LogP contribution in [-0.2, 0) is 0 Å². The molecule has 1 aromatic rings. The Balaban J connectivity index is -0.000000270. The Morgan fingerprint density at radius 1 is 1.00 bits per heavy atom. The van der Waals surface area contributed by atoms with E-state index in [9.17, 15) is 4.79 Å². The van der Waals surface area contributed by atoms with Crippen LogP contribution in [0.15, 0.2) is 30.3 Å². The molecule has 12 heavy (non-hydrogen) atoms. The molecule has 1 aromatic carbocycles. The summed E-state index contributed by atoms with van der Waals surface area (Å²) < 4.78 is 0. The molecular weight excluding hydrogens is 218 g/mol. The molecule has 0 aliphatic heterocycles. The zero-order valence-electron chi connectivity index (χ0n) is 6.52. The molecule has 0 atom stereocenters. The molecule has 0 fully saturated rings. The van der Waals surface area contributed by atoms with Crippen LogP contribution in [0.25, 0.3) is 0 Å². The van der Waals surface area contributed by atoms with E-state index in [-0.39, 0.29) is 43.0 Å². The summed E-state index contributed by atoms with van der Waals surface area (Å²) in [7, 11) is 0. The van der Waals surface area contributed by atoms with Gasteiger partial charge in [-0.1, -0.05) is 30.3 Å². The molecule has 0 aromatic heterocycles. The zero-order valence-corrected chi connectivity index (χ0v) is 8.97. The van der Waals surface area contributed by atoms with Crippen LogP contribution in [0, 0.1) is 0 Å². The van der Waals surface area contributed by atoms with E-state index in [1.165, 1.54) is 0 Å². The Morgan fingerprint density at radius 3 is 1.67 bits per heavy atom. The van der Waals surface area contributed by atoms with Crippen molar-refractivity contribution in [3.05, 3.63) is 35.9 Å². The zero-order chi connectivity index (χ0) is 6.69. The number of halogens is 3. The van der Waals surface area contributed by atoms with Gasteiger partial charge in [-0.05, 0) is 6.92 Å². The van der Waals surface area contributed by atoms with E-state index in [1.54, 1.807) is 6.92 Å². The molecule has 0 saturated carbocycles. The molecule has 0 heterocycles. The van der Waals surface area contributed by atoms with E-state index < -0.39 is 0 Å². The van der Waals surface area contributed by atoms with E-state index in [2.05, 4.69) is 0 Å². The normalized spacial score (nSPS) is 6.75. The lowest BCUT2D eigenvalue weighted by Crippen LogP contribution is -1.88. The van der Waals surface area contributed by atoms with Gasteiger partial charge in [0.1, 0.15) is 0 Å². The number of carbonyl (C=O) groups excluding carboxylic acids is 1. The van der Waals surface area contributed by atoms with Gasteiger partial charge in [0.25, 0.3) is 0 Å². The summed E-state index contributed by atoms with van der Waals surface area (Å²) in [5.74, 6) is 0.121. The number of benzene rings is 1. The Kier molecular flexibility index (Phi) is 13.1. The third-order valence-corrected chi connectivity index (χ3v) is 1.18. The van der Waals surface area contributed by atoms with Crippen molar-refractivity contribution in [3.63, 3.8) is 0 Å². The second kappa shape index (κ2) is 8.85. The fraction of sp³-hybridized carbons (Fsp3) is 0.125. The molecule has 0 aliphatic rings. The summed E-state index contributed by atoms with van der Waals surface area (Å²) in [6.45, 7) is 1.56. The minimum Gasteiger partial charge on any atom is -0.295 e. The lowest BCUT2D eigenvalue weighted by molar-refractivity contribution is 0.101. The summed E-state index contributed by atoms with van der Waals surface area (Å²) in [5.41, 5.74) is 0.775. The third-order valence-electron chi connectivity index (χ3n) is 1.18. The van der Waals surface area contributed by atoms with Crippen molar-refractivity contribution >= 4 is 43.0 Å². The van der Waals surface area contributed by atoms with Crippen molar-refractivity contribution in [1.29, 1.82) is 0 Å². The molecule has 0 spiro atoms. The van der Waals surface area contributed by atoms with E-state index >= 15 is 0 Å². The van der Waals surface area contributed by atoms with E-state index in [0.29, 0.717) is 0 Å². The maximum atomic E-state index is 10.6. The van der Waals surface area contributed by atoms with Gasteiger partial charge in [0.05, 0.1) is 0 Å². The van der Waals surface area contributed by atoms with Gasteiger partial charge in [-0.2, -0.15) is 0 Å². The Bertz CT molecular complexity index is 211. The molecule has 1 rings (SSSR count). The summed E-state index contributed by atoms with van der Waals surface area (Å²) in [6, 6.07) is 9.23. The molecule has 0 aliphatic carbocycles. The molecule has 0 amide bonds. The lowest BCUT2D eigenvalue weighted by atomic mass is 10.2. The van der Waals surface area contributed by atoms with Crippen molar-refractivity contribution < 1.29 is 4.79 Å². The largest absolute Gasteiger partial charge is 0.295 e. The quantitative estimate of drug-likeness (QED) is 0.676. The van der Waals surface area contributed by atoms with Gasteiger partial charge < -0.3 is 0 Å². The number of ketones is 1. The van der Waals surface area contributed by atoms with Crippen LogP contribution < -0.4 is 0 Å². The average molecular weight is 230 g/mol. The van der Waals surface area contributed by atoms with Crippen molar-refractivity contribution in [2.75, 3.05) is 0 Å². The van der Waals surface area contributed by atoms with Crippen LogP contribution in [0.5, 0.6) is 0 Å². The van der Waals surface area contributed by atoms with Crippen LogP contribution in [0.2, 0.25) is 0 Å². The molecular formula is C8H11Cl3O. The van der Waals surface area contributed by atoms with Crippen LogP contribution in [0.1, 0.15) is 17.3 Å². The molecule has 0 bridgehead atoms. The van der Waals surface area contributed by atoms with E-state index in [0.717, 1.165) is 5.56 Å². The highest BCUT2D eigenvalue weighted by Crippen LogP contribution is 1.97. The highest BCUT2D eigenvalue weighted by atomic mass is 35.5. The highest BCUT2D eigenvalue weighted by molar-refractivity contribution is 5.93. The maximum Gasteiger partial charge on any atom is 0.159 e. The van der Waals surface area contributed by atoms with E-state index in [4.69, 9.17) is 0 Å². The van der Waals surface area contributed by atoms with Gasteiger partial charge in [0.2, 0.25) is 0 Å². The predicted octanol–water partition coefficient (Wildman–Crippen LogP) is 3.15. The van der Waals surface area contributed by atoms with Gasteiger partial charge >= 0.3 is 0 Å². The fourth-order valence-corrected chi connectivity index (χ4v) is 0.673. The first kappa shape index (κ1) is 17.7. The average Bonchev–Trinajstić information content (AvgIpc) is 1.90. The second-order valence-corrected chi connectivity index (χ2v) is 1.92. The number of rotatable bonds is 1. The molecule has 0 saturated heterocycles. The molecule has 0 radical (unpaired) electrons. The number of hydrogen-bond acceptors (Lipinski definition) is 1. The van der Waals surface area contributed by atoms with Crippen LogP contribution in [0.3, 0.4) is 0 Å². The van der Waals surface area contributed by atoms with Gasteiger partial charge in [-0.3, -0.25) is 4.79 Å². The summed E-state index contributed by atoms with van der Waals surface area (Å²) in [4.78, 5) is 10.6. The summed E-state index contributed by atoms with van der Waals surface area (Å²) in [5, 5.41) is 0. The van der Waals surface area contributed by atoms with Crippen molar-refractivity contribution in [3.8, 4) is 0 Å². The maximum absolute atomic E-state index is 10.6. The van der Waals surface area contributed by atoms with Crippen LogP contribution in [0.4, 0.5) is 0 Å². The highest BCUT2D eigenvalue weighted by Gasteiger charge is 1.92. The van der Waals surface area contributed by atoms with Crippen molar-refractivity contribution in [2.24, 2.45) is 0 Å². The van der Waals surface area contributed by atoms with Gasteiger partial charge in [-0.25, -0.2) is 0 Å². The first-order valence-electron chi connectivity index (χ1n) is 2.86. The molecule has 0 N–H and O–H groups in total. The van der Waals surface area contributed by atoms with Gasteiger partial charge in [0, 0.05) is 5.56 Å². The first-order chi connectivity index (χ1) is 4.30. The predicted molar refractivity (Wildman–Crippen MR) is 58.2 cm³/mol. The molecule has 4 heteroatoms. The van der Waals surface area contributed by atoms with Crippen LogP contribution >= 0.6 is 37.2 Å². The summed E-state index contributed by atoms with van der Waals surface area (Å²) in [6.07, 6.45) is 0. The Morgan fingerprint density at radius 2 is 1.42 bits per heavy atom. The minimum atomic E-state index is 0. The number of Topliss-reactive ketones (excluding diaryl/α,β-unsaturated/α-hetero) is 1. The van der Waals surface area contributed by atoms with Crippen molar-refractivity contribution in [2.45, 2.75) is 6.92 Å². The number of hydrogen-bond donors (Lipinski definition) is 0. The second-order valence-electron chi connectivity index (χ2n) is 1.92. The molecule has 1 nitrogen and oxygen atoms in total. The van der Waals surface area contributed by atoms with Gasteiger partial charge in [-0.15, -0.1) is 37.2 Å². The minimum absolute atomic E-state index is 0. The molecule has 0 unspecified atom stereocenters. The van der Waals surface area contributed by atoms with E-state index in [1.807, 2.05) is 30.3 Å². The fourth-order valence-electron chi connectivity index (χ4n) is 0.673. The van der Waals surface area contributed by atoms with Crippen molar-refractivity contribution in [1.82, 2.24) is 0 Å². The Hall–Kier alpha value is -0.240. The van der Waals surface area contributed by atoms with Gasteiger partial charge in [0.15, 0.2) is 5.78 Å². The first-order valence-corrected chi connectivity index (χ1v) is 2.86. The number of carbonyl (C=O) groups is 1. The smallest absolute Gasteiger partial charge is 0.159 e. The van der Waals surface area contributed by atoms with Crippen LogP contribution in [-0.4, -0.2) is 5.78 Å². The summed E-state index contributed by atoms with van der Waals surface area (Å²) >= 11 is 0. The monoisotopic (exact) mass is 228 g/mol. The Labute approximate surface area is 90.8 Å². The standard InChI is InChI=1S/C8H8O.3ClH/c1-7(9)8-5-3-2-4-6-8;;;/h2-6H,1H3;3*1H. The SMILES string of the molecule is CC(=O)c1ccccc1.Cl.Cl.Cl. The topological polar surface area (TPSA) is 17.1 Å².